The van der Waals surface area contributed by atoms with Crippen LogP contribution in [0.2, 0.25) is 0 Å². The maximum Gasteiger partial charge on any atom is 0.141 e. The van der Waals surface area contributed by atoms with Crippen molar-refractivity contribution < 1.29 is 0 Å². The van der Waals surface area contributed by atoms with Gasteiger partial charge in [-0.15, -0.1) is 0 Å². The van der Waals surface area contributed by atoms with Gasteiger partial charge in [-0.25, -0.2) is 9.67 Å². The van der Waals surface area contributed by atoms with Crippen molar-refractivity contribution >= 4 is 0 Å². The van der Waals surface area contributed by atoms with Gasteiger partial charge in [-0.05, 0) is 20.4 Å². The molecule has 0 aromatic carbocycles. The molecule has 1 aromatic heterocycles. The van der Waals surface area contributed by atoms with E-state index in [-0.39, 0.29) is 6.04 Å². The Bertz CT molecular complexity index is 338. The van der Waals surface area contributed by atoms with Gasteiger partial charge in [0.2, 0.25) is 0 Å². The first-order valence-electron chi connectivity index (χ1n) is 5.15. The lowest BCUT2D eigenvalue weighted by molar-refractivity contribution is 0.280. The second-order valence-electron chi connectivity index (χ2n) is 3.62. The molecule has 0 saturated carbocycles. The molecule has 1 unspecified atom stereocenters. The summed E-state index contributed by atoms with van der Waals surface area (Å²) in [6.45, 7) is 5.52. The Morgan fingerprint density at radius 3 is 3.00 bits per heavy atom. The van der Waals surface area contributed by atoms with Crippen LogP contribution in [0.15, 0.2) is 6.33 Å². The minimum atomic E-state index is -0.100. The Labute approximate surface area is 90.3 Å². The van der Waals surface area contributed by atoms with Gasteiger partial charge in [-0.2, -0.15) is 10.4 Å². The van der Waals surface area contributed by atoms with Gasteiger partial charge in [0.05, 0.1) is 18.7 Å². The molecule has 1 atom stereocenters. The molecule has 5 nitrogen and oxygen atoms in total. The number of nitriles is 1. The highest BCUT2D eigenvalue weighted by Gasteiger charge is 2.11. The lowest BCUT2D eigenvalue weighted by atomic mass is 10.3. The lowest BCUT2D eigenvalue weighted by Gasteiger charge is -2.18. The van der Waals surface area contributed by atoms with Crippen LogP contribution >= 0.6 is 0 Å². The standard InChI is InChI=1S/C10H17N5/c1-4-5-15-10(12-8-13-15)7-14(3)9(2)6-11/h8-9H,4-5,7H2,1-3H3. The molecule has 1 rings (SSSR count). The molecule has 0 radical (unpaired) electrons. The zero-order valence-electron chi connectivity index (χ0n) is 9.51. The van der Waals surface area contributed by atoms with Crippen LogP contribution in [0, 0.1) is 11.3 Å². The molecule has 82 valence electrons. The number of nitrogens with zero attached hydrogens (tertiary/aromatic N) is 5. The summed E-state index contributed by atoms with van der Waals surface area (Å²) in [6, 6.07) is 2.10. The summed E-state index contributed by atoms with van der Waals surface area (Å²) in [6.07, 6.45) is 2.60. The number of hydrogen-bond acceptors (Lipinski definition) is 4. The molecule has 0 bridgehead atoms. The Hall–Kier alpha value is -1.41. The maximum atomic E-state index is 8.77. The molecule has 15 heavy (non-hydrogen) atoms. The predicted molar refractivity (Wildman–Crippen MR) is 56.9 cm³/mol. The quantitative estimate of drug-likeness (QED) is 0.723. The van der Waals surface area contributed by atoms with Crippen LogP contribution in [0.4, 0.5) is 0 Å². The Balaban J connectivity index is 2.64. The molecule has 1 aromatic rings. The fraction of sp³-hybridized carbons (Fsp3) is 0.700. The Morgan fingerprint density at radius 2 is 2.40 bits per heavy atom. The van der Waals surface area contributed by atoms with Gasteiger partial charge in [-0.1, -0.05) is 6.92 Å². The highest BCUT2D eigenvalue weighted by Crippen LogP contribution is 2.03. The van der Waals surface area contributed by atoms with E-state index in [1.165, 1.54) is 0 Å². The smallest absolute Gasteiger partial charge is 0.141 e. The third kappa shape index (κ3) is 3.03. The summed E-state index contributed by atoms with van der Waals surface area (Å²) in [5.41, 5.74) is 0. The fourth-order valence-electron chi connectivity index (χ4n) is 1.27. The van der Waals surface area contributed by atoms with Crippen molar-refractivity contribution in [3.63, 3.8) is 0 Å². The number of rotatable bonds is 5. The van der Waals surface area contributed by atoms with Crippen molar-refractivity contribution in [3.8, 4) is 6.07 Å². The van der Waals surface area contributed by atoms with Gasteiger partial charge in [0.15, 0.2) is 0 Å². The molecule has 0 aliphatic rings. The van der Waals surface area contributed by atoms with Crippen LogP contribution in [-0.2, 0) is 13.1 Å². The van der Waals surface area contributed by atoms with E-state index in [4.69, 9.17) is 5.26 Å². The summed E-state index contributed by atoms with van der Waals surface area (Å²) < 4.78 is 1.89. The first-order valence-corrected chi connectivity index (χ1v) is 5.15. The van der Waals surface area contributed by atoms with Crippen molar-refractivity contribution in [2.45, 2.75) is 39.4 Å². The van der Waals surface area contributed by atoms with Gasteiger partial charge in [-0.3, -0.25) is 4.90 Å². The first-order chi connectivity index (χ1) is 7.19. The molecule has 0 saturated heterocycles. The van der Waals surface area contributed by atoms with E-state index in [0.717, 1.165) is 18.8 Å². The summed E-state index contributed by atoms with van der Waals surface area (Å²) in [5, 5.41) is 12.9. The van der Waals surface area contributed by atoms with Crippen LogP contribution < -0.4 is 0 Å². The van der Waals surface area contributed by atoms with Crippen molar-refractivity contribution in [1.82, 2.24) is 19.7 Å². The van der Waals surface area contributed by atoms with Gasteiger partial charge >= 0.3 is 0 Å². The maximum absolute atomic E-state index is 8.77. The van der Waals surface area contributed by atoms with E-state index < -0.39 is 0 Å². The Morgan fingerprint density at radius 1 is 1.67 bits per heavy atom. The average Bonchev–Trinajstić information content (AvgIpc) is 2.65. The predicted octanol–water partition coefficient (Wildman–Crippen LogP) is 1.03. The minimum absolute atomic E-state index is 0.100. The van der Waals surface area contributed by atoms with Crippen molar-refractivity contribution in [2.75, 3.05) is 7.05 Å². The fourth-order valence-corrected chi connectivity index (χ4v) is 1.27. The average molecular weight is 207 g/mol. The van der Waals surface area contributed by atoms with Crippen molar-refractivity contribution in [2.24, 2.45) is 0 Å². The molecule has 5 heteroatoms. The molecule has 0 N–H and O–H groups in total. The van der Waals surface area contributed by atoms with E-state index in [9.17, 15) is 0 Å². The third-order valence-electron chi connectivity index (χ3n) is 2.37. The second-order valence-corrected chi connectivity index (χ2v) is 3.62. The monoisotopic (exact) mass is 207 g/mol. The van der Waals surface area contributed by atoms with E-state index in [1.807, 2.05) is 23.6 Å². The summed E-state index contributed by atoms with van der Waals surface area (Å²) in [7, 11) is 1.92. The van der Waals surface area contributed by atoms with Gasteiger partial charge in [0.25, 0.3) is 0 Å². The van der Waals surface area contributed by atoms with Crippen molar-refractivity contribution in [1.29, 1.82) is 5.26 Å². The lowest BCUT2D eigenvalue weighted by Crippen LogP contribution is -2.28. The topological polar surface area (TPSA) is 57.7 Å². The summed E-state index contributed by atoms with van der Waals surface area (Å²) in [4.78, 5) is 6.15. The van der Waals surface area contributed by atoms with Gasteiger partial charge in [0, 0.05) is 6.54 Å². The second kappa shape index (κ2) is 5.47. The van der Waals surface area contributed by atoms with Crippen LogP contribution in [0.5, 0.6) is 0 Å². The zero-order valence-corrected chi connectivity index (χ0v) is 9.51. The molecule has 0 aliphatic heterocycles. The summed E-state index contributed by atoms with van der Waals surface area (Å²) in [5.74, 6) is 0.918. The highest BCUT2D eigenvalue weighted by molar-refractivity contribution is 4.91. The first kappa shape index (κ1) is 11.7. The third-order valence-corrected chi connectivity index (χ3v) is 2.37. The molecular weight excluding hydrogens is 190 g/mol. The summed E-state index contributed by atoms with van der Waals surface area (Å²) >= 11 is 0. The van der Waals surface area contributed by atoms with Crippen molar-refractivity contribution in [3.05, 3.63) is 12.2 Å². The highest BCUT2D eigenvalue weighted by atomic mass is 15.3. The molecule has 0 amide bonds. The normalized spacial score (nSPS) is 12.7. The molecule has 0 fully saturated rings. The SMILES string of the molecule is CCCn1ncnc1CN(C)C(C)C#N. The zero-order chi connectivity index (χ0) is 11.3. The molecular formula is C10H17N5. The molecule has 0 aliphatic carbocycles. The van der Waals surface area contributed by atoms with E-state index in [0.29, 0.717) is 6.54 Å². The number of aryl methyl sites for hydroxylation is 1. The van der Waals surface area contributed by atoms with Gasteiger partial charge < -0.3 is 0 Å². The van der Waals surface area contributed by atoms with Crippen LogP contribution in [0.1, 0.15) is 26.1 Å². The van der Waals surface area contributed by atoms with Crippen LogP contribution in [0.25, 0.3) is 0 Å². The van der Waals surface area contributed by atoms with Gasteiger partial charge in [0.1, 0.15) is 12.2 Å². The largest absolute Gasteiger partial charge is 0.284 e. The Kier molecular flexibility index (Phi) is 4.25. The van der Waals surface area contributed by atoms with E-state index in [2.05, 4.69) is 23.1 Å². The van der Waals surface area contributed by atoms with Crippen LogP contribution in [-0.4, -0.2) is 32.8 Å². The molecule has 1 heterocycles. The minimum Gasteiger partial charge on any atom is -0.284 e. The number of hydrogen-bond donors (Lipinski definition) is 0. The van der Waals surface area contributed by atoms with E-state index in [1.54, 1.807) is 6.33 Å². The van der Waals surface area contributed by atoms with E-state index >= 15 is 0 Å². The number of aromatic nitrogens is 3. The molecule has 0 spiro atoms. The van der Waals surface area contributed by atoms with Crippen LogP contribution in [0.3, 0.4) is 0 Å².